The van der Waals surface area contributed by atoms with Crippen molar-refractivity contribution >= 4 is 16.7 Å². The summed E-state index contributed by atoms with van der Waals surface area (Å²) in [5, 5.41) is 4.46. The average molecular weight is 493 g/mol. The number of rotatable bonds is 3. The van der Waals surface area contributed by atoms with Crippen molar-refractivity contribution < 1.29 is 13.2 Å². The van der Waals surface area contributed by atoms with E-state index in [-0.39, 0.29) is 23.8 Å². The van der Waals surface area contributed by atoms with Crippen LogP contribution in [0.2, 0.25) is 0 Å². The molecule has 0 bridgehead atoms. The van der Waals surface area contributed by atoms with E-state index in [0.717, 1.165) is 17.5 Å². The summed E-state index contributed by atoms with van der Waals surface area (Å²) in [6, 6.07) is 5.80. The maximum Gasteiger partial charge on any atom is 0.409 e. The van der Waals surface area contributed by atoms with Crippen LogP contribution in [0.25, 0.3) is 27.9 Å². The van der Waals surface area contributed by atoms with Gasteiger partial charge in [0.25, 0.3) is 5.56 Å². The van der Waals surface area contributed by atoms with Crippen molar-refractivity contribution in [3.05, 3.63) is 80.6 Å². The van der Waals surface area contributed by atoms with Gasteiger partial charge in [0.05, 0.1) is 22.3 Å². The van der Waals surface area contributed by atoms with Gasteiger partial charge in [-0.25, -0.2) is 19.3 Å². The zero-order valence-electron chi connectivity index (χ0n) is 18.6. The number of halogens is 3. The molecule has 9 nitrogen and oxygen atoms in total. The van der Waals surface area contributed by atoms with Crippen LogP contribution >= 0.6 is 0 Å². The summed E-state index contributed by atoms with van der Waals surface area (Å²) in [7, 11) is 0. The normalized spacial score (nSPS) is 21.4. The standard InChI is InChI=1S/C24H18F3N7O2/c25-24(26,27)19-3-4-20-30-16-2-1-11(7-18(16)34(19)20)12-8-13(12)14-9-17(32-33-6-5-28-21(14)33)15-10-29-23(36)31-22(15)35/h1-2,5-7,9-10,12-13,19H,3-4,8H2,(H2,29,31,35,36)/t12-,13+,19-/m1/s1. The first-order valence-electron chi connectivity index (χ1n) is 11.5. The topological polar surface area (TPSA) is 114 Å². The molecule has 5 heterocycles. The third kappa shape index (κ3) is 3.13. The number of nitrogens with zero attached hydrogens (tertiary/aromatic N) is 5. The van der Waals surface area contributed by atoms with Gasteiger partial charge in [0.1, 0.15) is 11.9 Å². The Labute approximate surface area is 199 Å². The fourth-order valence-corrected chi connectivity index (χ4v) is 5.47. The van der Waals surface area contributed by atoms with Gasteiger partial charge in [-0.15, -0.1) is 0 Å². The molecule has 7 rings (SSSR count). The van der Waals surface area contributed by atoms with Crippen molar-refractivity contribution in [2.45, 2.75) is 43.3 Å². The first kappa shape index (κ1) is 21.1. The molecule has 1 saturated carbocycles. The molecule has 1 aromatic carbocycles. The minimum atomic E-state index is -4.32. The largest absolute Gasteiger partial charge is 0.409 e. The lowest BCUT2D eigenvalue weighted by molar-refractivity contribution is -0.164. The summed E-state index contributed by atoms with van der Waals surface area (Å²) >= 11 is 0. The summed E-state index contributed by atoms with van der Waals surface area (Å²) in [6.07, 6.45) is 1.40. The molecule has 1 fully saturated rings. The number of nitrogens with one attached hydrogen (secondary N) is 2. The molecular formula is C24H18F3N7O2. The molecule has 36 heavy (non-hydrogen) atoms. The molecule has 182 valence electrons. The number of fused-ring (bicyclic) bond motifs is 4. The fraction of sp³-hybridized carbons (Fsp3) is 0.292. The molecule has 0 radical (unpaired) electrons. The van der Waals surface area contributed by atoms with Crippen LogP contribution in [-0.2, 0) is 6.42 Å². The first-order valence-corrected chi connectivity index (χ1v) is 11.5. The van der Waals surface area contributed by atoms with Gasteiger partial charge < -0.3 is 9.55 Å². The molecule has 0 amide bonds. The first-order chi connectivity index (χ1) is 17.3. The number of hydrogen-bond acceptors (Lipinski definition) is 5. The highest BCUT2D eigenvalue weighted by atomic mass is 19.4. The summed E-state index contributed by atoms with van der Waals surface area (Å²) in [5.74, 6) is 0.604. The van der Waals surface area contributed by atoms with Gasteiger partial charge in [-0.2, -0.15) is 18.3 Å². The highest BCUT2D eigenvalue weighted by Crippen LogP contribution is 2.56. The predicted octanol–water partition coefficient (Wildman–Crippen LogP) is 3.44. The molecule has 0 saturated heterocycles. The molecule has 2 N–H and O–H groups in total. The van der Waals surface area contributed by atoms with Crippen LogP contribution in [0, 0.1) is 0 Å². The highest BCUT2D eigenvalue weighted by Gasteiger charge is 2.46. The molecule has 0 spiro atoms. The monoisotopic (exact) mass is 493 g/mol. The number of benzene rings is 1. The number of aryl methyl sites for hydroxylation is 1. The van der Waals surface area contributed by atoms with Crippen LogP contribution < -0.4 is 11.2 Å². The molecule has 0 unspecified atom stereocenters. The van der Waals surface area contributed by atoms with Crippen molar-refractivity contribution in [2.24, 2.45) is 0 Å². The fourth-order valence-electron chi connectivity index (χ4n) is 5.47. The van der Waals surface area contributed by atoms with Gasteiger partial charge in [-0.05, 0) is 48.4 Å². The zero-order valence-corrected chi connectivity index (χ0v) is 18.6. The molecule has 1 aliphatic carbocycles. The second-order valence-electron chi connectivity index (χ2n) is 9.36. The van der Waals surface area contributed by atoms with Gasteiger partial charge in [0.2, 0.25) is 0 Å². The maximum atomic E-state index is 13.6. The molecule has 3 atom stereocenters. The van der Waals surface area contributed by atoms with Crippen LogP contribution in [0.15, 0.2) is 52.4 Å². The lowest BCUT2D eigenvalue weighted by atomic mass is 10.0. The lowest BCUT2D eigenvalue weighted by Crippen LogP contribution is -2.23. The van der Waals surface area contributed by atoms with Gasteiger partial charge in [0.15, 0.2) is 5.65 Å². The maximum absolute atomic E-state index is 13.6. The number of H-pyrrole nitrogens is 2. The average Bonchev–Trinajstić information content (AvgIpc) is 3.14. The van der Waals surface area contributed by atoms with Crippen molar-refractivity contribution in [3.8, 4) is 11.3 Å². The van der Waals surface area contributed by atoms with E-state index in [1.165, 1.54) is 10.8 Å². The summed E-state index contributed by atoms with van der Waals surface area (Å²) in [6.45, 7) is 0. The minimum Gasteiger partial charge on any atom is -0.316 e. The SMILES string of the molecule is O=c1[nH]cc(-c2cc([C@H]3C[C@@H]3c3ccc4nc5n(c4c3)[C@@H](C(F)(F)F)CC5)c3nccn3n2)c(=O)[nH]1. The lowest BCUT2D eigenvalue weighted by Gasteiger charge is -2.18. The smallest absolute Gasteiger partial charge is 0.316 e. The Morgan fingerprint density at radius 1 is 1.11 bits per heavy atom. The summed E-state index contributed by atoms with van der Waals surface area (Å²) in [5.41, 5.74) is 2.99. The van der Waals surface area contributed by atoms with E-state index in [1.807, 2.05) is 12.1 Å². The Kier molecular flexibility index (Phi) is 4.19. The summed E-state index contributed by atoms with van der Waals surface area (Å²) in [4.78, 5) is 37.3. The molecule has 4 aromatic heterocycles. The Morgan fingerprint density at radius 2 is 1.97 bits per heavy atom. The van der Waals surface area contributed by atoms with E-state index in [4.69, 9.17) is 0 Å². The van der Waals surface area contributed by atoms with Crippen LogP contribution in [0.1, 0.15) is 47.7 Å². The Hall–Kier alpha value is -4.22. The second-order valence-corrected chi connectivity index (χ2v) is 9.36. The Morgan fingerprint density at radius 3 is 2.78 bits per heavy atom. The third-order valence-electron chi connectivity index (χ3n) is 7.22. The van der Waals surface area contributed by atoms with Crippen molar-refractivity contribution in [2.75, 3.05) is 0 Å². The molecule has 1 aliphatic heterocycles. The van der Waals surface area contributed by atoms with E-state index in [0.29, 0.717) is 34.6 Å². The van der Waals surface area contributed by atoms with Gasteiger partial charge >= 0.3 is 11.9 Å². The number of hydrogen-bond donors (Lipinski definition) is 2. The molecular weight excluding hydrogens is 475 g/mol. The second kappa shape index (κ2) is 7.15. The van der Waals surface area contributed by atoms with Gasteiger partial charge in [0, 0.05) is 30.6 Å². The predicted molar refractivity (Wildman–Crippen MR) is 123 cm³/mol. The number of aromatic nitrogens is 7. The Balaban J connectivity index is 1.29. The van der Waals surface area contributed by atoms with E-state index >= 15 is 0 Å². The highest BCUT2D eigenvalue weighted by molar-refractivity contribution is 5.78. The Bertz CT molecular complexity index is 1800. The number of imidazole rings is 2. The van der Waals surface area contributed by atoms with Crippen molar-refractivity contribution in [1.82, 2.24) is 34.1 Å². The van der Waals surface area contributed by atoms with E-state index in [9.17, 15) is 22.8 Å². The number of alkyl halides is 3. The van der Waals surface area contributed by atoms with E-state index in [1.54, 1.807) is 29.0 Å². The molecule has 5 aromatic rings. The van der Waals surface area contributed by atoms with Gasteiger partial charge in [-0.1, -0.05) is 6.07 Å². The number of aromatic amines is 2. The van der Waals surface area contributed by atoms with Crippen molar-refractivity contribution in [3.63, 3.8) is 0 Å². The van der Waals surface area contributed by atoms with E-state index < -0.39 is 23.5 Å². The van der Waals surface area contributed by atoms with Crippen LogP contribution in [0.3, 0.4) is 0 Å². The van der Waals surface area contributed by atoms with E-state index in [2.05, 4.69) is 25.0 Å². The molecule has 2 aliphatic rings. The van der Waals surface area contributed by atoms with Crippen molar-refractivity contribution in [1.29, 1.82) is 0 Å². The quantitative estimate of drug-likeness (QED) is 0.400. The third-order valence-corrected chi connectivity index (χ3v) is 7.22. The minimum absolute atomic E-state index is 0.0135. The zero-order chi connectivity index (χ0) is 24.8. The summed E-state index contributed by atoms with van der Waals surface area (Å²) < 4.78 is 43.8. The van der Waals surface area contributed by atoms with Crippen LogP contribution in [0.4, 0.5) is 13.2 Å². The van der Waals surface area contributed by atoms with Crippen LogP contribution in [0.5, 0.6) is 0 Å². The van der Waals surface area contributed by atoms with Gasteiger partial charge in [-0.3, -0.25) is 9.78 Å². The van der Waals surface area contributed by atoms with Crippen LogP contribution in [-0.4, -0.2) is 40.3 Å². The molecule has 12 heteroatoms.